The van der Waals surface area contributed by atoms with Crippen LogP contribution in [0, 0.1) is 18.3 Å². The van der Waals surface area contributed by atoms with Crippen molar-refractivity contribution in [2.45, 2.75) is 6.04 Å². The monoisotopic (exact) mass is 138 g/mol. The summed E-state index contributed by atoms with van der Waals surface area (Å²) < 4.78 is 5.15. The maximum absolute atomic E-state index is 5.15. The van der Waals surface area contributed by atoms with E-state index in [1.807, 2.05) is 0 Å². The van der Waals surface area contributed by atoms with E-state index in [0.29, 0.717) is 0 Å². The first kappa shape index (κ1) is 5.56. The Kier molecular flexibility index (Phi) is 0.968. The van der Waals surface area contributed by atoms with E-state index in [0.717, 1.165) is 31.1 Å². The van der Waals surface area contributed by atoms with E-state index in [-0.39, 0.29) is 0 Å². The Morgan fingerprint density at radius 1 is 1.20 bits per heavy atom. The maximum atomic E-state index is 5.15. The zero-order valence-corrected chi connectivity index (χ0v) is 5.99. The van der Waals surface area contributed by atoms with Gasteiger partial charge in [-0.1, -0.05) is 0 Å². The molecule has 0 aromatic heterocycles. The van der Waals surface area contributed by atoms with Gasteiger partial charge >= 0.3 is 0 Å². The van der Waals surface area contributed by atoms with Gasteiger partial charge in [-0.2, -0.15) is 0 Å². The Bertz CT molecular complexity index is 145. The van der Waals surface area contributed by atoms with E-state index in [4.69, 9.17) is 4.74 Å². The van der Waals surface area contributed by atoms with Gasteiger partial charge in [0, 0.05) is 13.1 Å². The number of fused-ring (bicyclic) bond motifs is 1. The summed E-state index contributed by atoms with van der Waals surface area (Å²) in [4.78, 5) is 2.58. The first-order valence-corrected chi connectivity index (χ1v) is 4.10. The second kappa shape index (κ2) is 1.74. The summed E-state index contributed by atoms with van der Waals surface area (Å²) in [6.45, 7) is 4.61. The third-order valence-electron chi connectivity index (χ3n) is 2.93. The third kappa shape index (κ3) is 0.663. The molecular formula is C8H12NO. The molecule has 0 unspecified atom stereocenters. The average molecular weight is 138 g/mol. The van der Waals surface area contributed by atoms with Gasteiger partial charge in [-0.05, 0) is 18.3 Å². The predicted molar refractivity (Wildman–Crippen MR) is 37.5 cm³/mol. The summed E-state index contributed by atoms with van der Waals surface area (Å²) in [5.74, 6) is 1.92. The highest BCUT2D eigenvalue weighted by atomic mass is 16.5. The molecule has 2 heteroatoms. The summed E-state index contributed by atoms with van der Waals surface area (Å²) in [5, 5.41) is 0. The topological polar surface area (TPSA) is 12.5 Å². The van der Waals surface area contributed by atoms with Gasteiger partial charge in [0.2, 0.25) is 0 Å². The Morgan fingerprint density at radius 2 is 1.90 bits per heavy atom. The second-order valence-electron chi connectivity index (χ2n) is 3.67. The van der Waals surface area contributed by atoms with Gasteiger partial charge in [0.15, 0.2) is 0 Å². The molecule has 0 aromatic rings. The maximum Gasteiger partial charge on any atom is 0.0645 e. The molecule has 3 fully saturated rings. The number of likely N-dealkylation sites (tertiary alicyclic amines) is 1. The molecule has 0 spiro atoms. The number of ether oxygens (including phenoxy) is 1. The van der Waals surface area contributed by atoms with E-state index in [9.17, 15) is 0 Å². The van der Waals surface area contributed by atoms with Gasteiger partial charge in [0.05, 0.1) is 19.3 Å². The van der Waals surface area contributed by atoms with E-state index >= 15 is 0 Å². The van der Waals surface area contributed by atoms with E-state index in [2.05, 4.69) is 11.3 Å². The Morgan fingerprint density at radius 3 is 2.40 bits per heavy atom. The van der Waals surface area contributed by atoms with Crippen molar-refractivity contribution in [3.8, 4) is 0 Å². The lowest BCUT2D eigenvalue weighted by Crippen LogP contribution is -2.48. The van der Waals surface area contributed by atoms with Gasteiger partial charge in [-0.3, -0.25) is 4.90 Å². The van der Waals surface area contributed by atoms with Crippen molar-refractivity contribution in [1.82, 2.24) is 4.90 Å². The smallest absolute Gasteiger partial charge is 0.0645 e. The van der Waals surface area contributed by atoms with E-state index in [1.54, 1.807) is 0 Å². The number of rotatable bonds is 1. The summed E-state index contributed by atoms with van der Waals surface area (Å²) in [6, 6.07) is 0.779. The largest absolute Gasteiger partial charge is 0.378 e. The number of nitrogens with zero attached hydrogens (tertiary/aromatic N) is 1. The zero-order valence-electron chi connectivity index (χ0n) is 5.99. The Hall–Kier alpha value is -0.0800. The van der Waals surface area contributed by atoms with Crippen molar-refractivity contribution in [1.29, 1.82) is 0 Å². The number of hydrogen-bond donors (Lipinski definition) is 0. The van der Waals surface area contributed by atoms with Crippen LogP contribution in [-0.4, -0.2) is 37.2 Å². The lowest BCUT2D eigenvalue weighted by atomic mass is 10.2. The van der Waals surface area contributed by atoms with Gasteiger partial charge in [0.1, 0.15) is 0 Å². The molecule has 0 amide bonds. The predicted octanol–water partition coefficient (Wildman–Crippen LogP) is 0.151. The lowest BCUT2D eigenvalue weighted by molar-refractivity contribution is -0.0595. The van der Waals surface area contributed by atoms with E-state index in [1.165, 1.54) is 13.1 Å². The summed E-state index contributed by atoms with van der Waals surface area (Å²) in [6.07, 6.45) is 2.47. The first-order chi connectivity index (χ1) is 4.93. The van der Waals surface area contributed by atoms with Gasteiger partial charge in [0.25, 0.3) is 0 Å². The highest BCUT2D eigenvalue weighted by Crippen LogP contribution is 2.44. The van der Waals surface area contributed by atoms with Crippen molar-refractivity contribution < 1.29 is 4.74 Å². The van der Waals surface area contributed by atoms with Gasteiger partial charge < -0.3 is 4.74 Å². The molecule has 1 saturated carbocycles. The number of piperidine rings is 1. The zero-order chi connectivity index (χ0) is 6.55. The molecule has 0 aromatic carbocycles. The standard InChI is InChI=1S/C8H12NO/c1-6-2-9(3-7(1)6)8-4-10-5-8/h1,6-8H,2-5H2/t6-,7+. The molecule has 55 valence electrons. The van der Waals surface area contributed by atoms with Crippen LogP contribution in [0.3, 0.4) is 0 Å². The molecule has 3 rings (SSSR count). The summed E-state index contributed by atoms with van der Waals surface area (Å²) >= 11 is 0. The second-order valence-corrected chi connectivity index (χ2v) is 3.67. The quantitative estimate of drug-likeness (QED) is 0.511. The van der Waals surface area contributed by atoms with Crippen LogP contribution in [0.15, 0.2) is 0 Å². The van der Waals surface area contributed by atoms with Crippen molar-refractivity contribution in [2.75, 3.05) is 26.3 Å². The molecular weight excluding hydrogens is 126 g/mol. The van der Waals surface area contributed by atoms with Crippen LogP contribution < -0.4 is 0 Å². The van der Waals surface area contributed by atoms with Crippen LogP contribution in [0.4, 0.5) is 0 Å². The fourth-order valence-corrected chi connectivity index (χ4v) is 1.99. The summed E-state index contributed by atoms with van der Waals surface area (Å²) in [5.41, 5.74) is 0. The lowest BCUT2D eigenvalue weighted by Gasteiger charge is -2.35. The molecule has 0 N–H and O–H groups in total. The minimum Gasteiger partial charge on any atom is -0.378 e. The highest BCUT2D eigenvalue weighted by molar-refractivity contribution is 5.13. The van der Waals surface area contributed by atoms with Crippen molar-refractivity contribution >= 4 is 0 Å². The van der Waals surface area contributed by atoms with Crippen LogP contribution in [0.25, 0.3) is 0 Å². The average Bonchev–Trinajstić information content (AvgIpc) is 2.36. The molecule has 1 radical (unpaired) electrons. The van der Waals surface area contributed by atoms with Crippen LogP contribution in [-0.2, 0) is 4.74 Å². The SMILES string of the molecule is [CH]1[C@@H]2CN(C3COC3)C[C@H]12. The minimum absolute atomic E-state index is 0.779. The fraction of sp³-hybridized carbons (Fsp3) is 0.875. The Labute approximate surface area is 61.1 Å². The molecule has 0 bridgehead atoms. The van der Waals surface area contributed by atoms with Crippen molar-refractivity contribution in [2.24, 2.45) is 11.8 Å². The first-order valence-electron chi connectivity index (χ1n) is 4.10. The fourth-order valence-electron chi connectivity index (χ4n) is 1.99. The van der Waals surface area contributed by atoms with Crippen LogP contribution in [0.1, 0.15) is 0 Å². The molecule has 3 aliphatic rings. The molecule has 2 atom stereocenters. The van der Waals surface area contributed by atoms with Gasteiger partial charge in [-0.15, -0.1) is 0 Å². The molecule has 10 heavy (non-hydrogen) atoms. The normalized spacial score (nSPS) is 46.8. The summed E-state index contributed by atoms with van der Waals surface area (Å²) in [7, 11) is 0. The van der Waals surface area contributed by atoms with E-state index < -0.39 is 0 Å². The molecule has 1 aliphatic carbocycles. The van der Waals surface area contributed by atoms with Crippen molar-refractivity contribution in [3.05, 3.63) is 6.42 Å². The number of hydrogen-bond acceptors (Lipinski definition) is 2. The Balaban J connectivity index is 1.63. The molecule has 2 nitrogen and oxygen atoms in total. The molecule has 2 heterocycles. The molecule has 2 aliphatic heterocycles. The third-order valence-corrected chi connectivity index (χ3v) is 2.93. The van der Waals surface area contributed by atoms with Crippen LogP contribution in [0.5, 0.6) is 0 Å². The highest BCUT2D eigenvalue weighted by Gasteiger charge is 2.48. The van der Waals surface area contributed by atoms with Crippen LogP contribution in [0.2, 0.25) is 0 Å². The minimum atomic E-state index is 0.779. The van der Waals surface area contributed by atoms with Crippen LogP contribution >= 0.6 is 0 Å². The van der Waals surface area contributed by atoms with Crippen molar-refractivity contribution in [3.63, 3.8) is 0 Å². The molecule has 2 saturated heterocycles. The van der Waals surface area contributed by atoms with Gasteiger partial charge in [-0.25, -0.2) is 0 Å².